The van der Waals surface area contributed by atoms with Gasteiger partial charge in [0.2, 0.25) is 0 Å². The third-order valence-corrected chi connectivity index (χ3v) is 7.45. The molecule has 1 atom stereocenters. The van der Waals surface area contributed by atoms with Crippen molar-refractivity contribution in [1.29, 1.82) is 0 Å². The molecule has 1 heterocycles. The smallest absolute Gasteiger partial charge is 0.253 e. The van der Waals surface area contributed by atoms with E-state index in [0.717, 1.165) is 45.0 Å². The van der Waals surface area contributed by atoms with Gasteiger partial charge in [0.25, 0.3) is 5.91 Å². The van der Waals surface area contributed by atoms with Crippen LogP contribution in [0, 0.1) is 0 Å². The molecule has 0 radical (unpaired) electrons. The largest absolute Gasteiger partial charge is 0.497 e. The molecular formula is C31H30N6O2S. The number of thioether (sulfide) groups is 1. The predicted octanol–water partition coefficient (Wildman–Crippen LogP) is 6.06. The second-order valence-corrected chi connectivity index (χ2v) is 10.5. The van der Waals surface area contributed by atoms with E-state index in [1.54, 1.807) is 7.11 Å². The van der Waals surface area contributed by atoms with Crippen molar-refractivity contribution in [1.82, 2.24) is 20.2 Å². The first-order valence-electron chi connectivity index (χ1n) is 12.9. The molecule has 1 unspecified atom stereocenters. The van der Waals surface area contributed by atoms with Crippen molar-refractivity contribution in [3.63, 3.8) is 0 Å². The van der Waals surface area contributed by atoms with Crippen molar-refractivity contribution in [2.45, 2.75) is 30.8 Å². The van der Waals surface area contributed by atoms with E-state index in [0.29, 0.717) is 11.7 Å². The van der Waals surface area contributed by atoms with Crippen LogP contribution in [0.5, 0.6) is 5.75 Å². The zero-order chi connectivity index (χ0) is 27.9. The highest BCUT2D eigenvalue weighted by Gasteiger charge is 2.21. The number of fused-ring (bicyclic) bond motifs is 1. The number of anilines is 1. The predicted molar refractivity (Wildman–Crippen MR) is 161 cm³/mol. The minimum Gasteiger partial charge on any atom is -0.497 e. The van der Waals surface area contributed by atoms with Gasteiger partial charge in [-0.1, -0.05) is 66.4 Å². The number of hydrazone groups is 1. The molecule has 0 saturated carbocycles. The number of ether oxygens (including phenoxy) is 1. The molecule has 0 aliphatic heterocycles. The van der Waals surface area contributed by atoms with E-state index in [4.69, 9.17) is 4.74 Å². The summed E-state index contributed by atoms with van der Waals surface area (Å²) in [6.07, 6.45) is 0. The molecule has 4 aromatic carbocycles. The van der Waals surface area contributed by atoms with Gasteiger partial charge in [-0.05, 0) is 72.6 Å². The van der Waals surface area contributed by atoms with Crippen molar-refractivity contribution in [3.05, 3.63) is 108 Å². The first kappa shape index (κ1) is 27.0. The summed E-state index contributed by atoms with van der Waals surface area (Å²) in [4.78, 5) is 13.0. The summed E-state index contributed by atoms with van der Waals surface area (Å²) in [5.74, 6) is 1.30. The average molecular weight is 551 g/mol. The lowest BCUT2D eigenvalue weighted by Gasteiger charge is -2.14. The second kappa shape index (κ2) is 12.5. The fourth-order valence-electron chi connectivity index (χ4n) is 4.14. The number of nitrogens with one attached hydrogen (secondary N) is 2. The number of methoxy groups -OCH3 is 1. The first-order chi connectivity index (χ1) is 19.5. The molecule has 1 amide bonds. The van der Waals surface area contributed by atoms with Crippen LogP contribution in [0.15, 0.2) is 107 Å². The SMILES string of the molecule is COc1ccc(NCc2nnc(SC(C)C(=O)N/N=C(/C)c3ccc4ccccc4c3)n2-c2ccccc2)cc1. The van der Waals surface area contributed by atoms with Crippen molar-refractivity contribution >= 4 is 39.8 Å². The van der Waals surface area contributed by atoms with Gasteiger partial charge < -0.3 is 10.1 Å². The Labute approximate surface area is 237 Å². The molecule has 0 spiro atoms. The number of amides is 1. The summed E-state index contributed by atoms with van der Waals surface area (Å²) in [7, 11) is 1.64. The lowest BCUT2D eigenvalue weighted by molar-refractivity contribution is -0.120. The number of nitrogens with zero attached hydrogens (tertiary/aromatic N) is 4. The molecular weight excluding hydrogens is 520 g/mol. The number of rotatable bonds is 10. The van der Waals surface area contributed by atoms with E-state index in [1.807, 2.05) is 91.2 Å². The van der Waals surface area contributed by atoms with Crippen molar-refractivity contribution in [2.24, 2.45) is 5.10 Å². The second-order valence-electron chi connectivity index (χ2n) is 9.15. The van der Waals surface area contributed by atoms with Crippen LogP contribution >= 0.6 is 11.8 Å². The molecule has 5 rings (SSSR count). The minimum absolute atomic E-state index is 0.217. The fraction of sp³-hybridized carbons (Fsp3) is 0.161. The lowest BCUT2D eigenvalue weighted by atomic mass is 10.0. The number of carbonyl (C=O) groups excluding carboxylic acids is 1. The number of hydrogen-bond donors (Lipinski definition) is 2. The third-order valence-electron chi connectivity index (χ3n) is 6.41. The molecule has 9 heteroatoms. The van der Waals surface area contributed by atoms with Crippen LogP contribution in [0.2, 0.25) is 0 Å². The Morgan fingerprint density at radius 3 is 2.42 bits per heavy atom. The van der Waals surface area contributed by atoms with Gasteiger partial charge in [0.05, 0.1) is 24.6 Å². The monoisotopic (exact) mass is 550 g/mol. The zero-order valence-corrected chi connectivity index (χ0v) is 23.4. The number of hydrogen-bond acceptors (Lipinski definition) is 7. The maximum Gasteiger partial charge on any atom is 0.253 e. The molecule has 0 fully saturated rings. The van der Waals surface area contributed by atoms with E-state index < -0.39 is 5.25 Å². The van der Waals surface area contributed by atoms with Crippen LogP contribution in [-0.4, -0.2) is 38.7 Å². The van der Waals surface area contributed by atoms with Gasteiger partial charge in [0.1, 0.15) is 5.75 Å². The van der Waals surface area contributed by atoms with E-state index in [2.05, 4.69) is 50.3 Å². The molecule has 0 aliphatic rings. The van der Waals surface area contributed by atoms with Crippen molar-refractivity contribution in [3.8, 4) is 11.4 Å². The van der Waals surface area contributed by atoms with Crippen LogP contribution in [0.3, 0.4) is 0 Å². The van der Waals surface area contributed by atoms with Crippen LogP contribution in [0.25, 0.3) is 16.5 Å². The van der Waals surface area contributed by atoms with Gasteiger partial charge >= 0.3 is 0 Å². The molecule has 0 aliphatic carbocycles. The first-order valence-corrected chi connectivity index (χ1v) is 13.8. The number of para-hydroxylation sites is 1. The quantitative estimate of drug-likeness (QED) is 0.125. The Morgan fingerprint density at radius 1 is 0.950 bits per heavy atom. The normalized spacial score (nSPS) is 12.2. The van der Waals surface area contributed by atoms with Crippen LogP contribution in [0.1, 0.15) is 25.2 Å². The topological polar surface area (TPSA) is 93.4 Å². The molecule has 1 aromatic heterocycles. The van der Waals surface area contributed by atoms with E-state index in [9.17, 15) is 4.79 Å². The molecule has 0 saturated heterocycles. The Hall–Kier alpha value is -4.63. The Balaban J connectivity index is 1.29. The van der Waals surface area contributed by atoms with Gasteiger partial charge in [0.15, 0.2) is 11.0 Å². The maximum atomic E-state index is 13.0. The summed E-state index contributed by atoms with van der Waals surface area (Å²) >= 11 is 1.33. The number of aromatic nitrogens is 3. The van der Waals surface area contributed by atoms with Crippen molar-refractivity contribution in [2.75, 3.05) is 12.4 Å². The van der Waals surface area contributed by atoms with E-state index in [1.165, 1.54) is 11.8 Å². The van der Waals surface area contributed by atoms with Crippen LogP contribution in [-0.2, 0) is 11.3 Å². The molecule has 0 bridgehead atoms. The highest BCUT2D eigenvalue weighted by atomic mass is 32.2. The Bertz CT molecular complexity index is 1630. The summed E-state index contributed by atoms with van der Waals surface area (Å²) < 4.78 is 7.21. The number of benzene rings is 4. The Kier molecular flexibility index (Phi) is 8.41. The molecule has 5 aromatic rings. The van der Waals surface area contributed by atoms with E-state index in [-0.39, 0.29) is 5.91 Å². The molecule has 202 valence electrons. The minimum atomic E-state index is -0.456. The van der Waals surface area contributed by atoms with Crippen molar-refractivity contribution < 1.29 is 9.53 Å². The number of carbonyl (C=O) groups is 1. The molecule has 8 nitrogen and oxygen atoms in total. The highest BCUT2D eigenvalue weighted by Crippen LogP contribution is 2.26. The summed E-state index contributed by atoms with van der Waals surface area (Å²) in [5.41, 5.74) is 6.26. The lowest BCUT2D eigenvalue weighted by Crippen LogP contribution is -2.28. The Morgan fingerprint density at radius 2 is 1.68 bits per heavy atom. The highest BCUT2D eigenvalue weighted by molar-refractivity contribution is 8.00. The van der Waals surface area contributed by atoms with Gasteiger partial charge in [-0.15, -0.1) is 10.2 Å². The third kappa shape index (κ3) is 6.32. The standard InChI is InChI=1S/C31H30N6O2S/c1-21(24-14-13-23-9-7-8-10-25(23)19-24)33-35-30(38)22(2)40-31-36-34-29(37(31)27-11-5-4-6-12-27)20-32-26-15-17-28(39-3)18-16-26/h4-19,22,32H,20H2,1-3H3,(H,35,38)/b33-21-. The van der Waals surface area contributed by atoms with Gasteiger partial charge in [-0.2, -0.15) is 5.10 Å². The summed E-state index contributed by atoms with van der Waals surface area (Å²) in [6, 6.07) is 31.9. The van der Waals surface area contributed by atoms with Gasteiger partial charge in [0, 0.05) is 11.4 Å². The van der Waals surface area contributed by atoms with Crippen LogP contribution in [0.4, 0.5) is 5.69 Å². The van der Waals surface area contributed by atoms with E-state index >= 15 is 0 Å². The van der Waals surface area contributed by atoms with Gasteiger partial charge in [-0.3, -0.25) is 9.36 Å². The summed E-state index contributed by atoms with van der Waals surface area (Å²) in [5, 5.41) is 19.1. The zero-order valence-electron chi connectivity index (χ0n) is 22.5. The average Bonchev–Trinajstić information content (AvgIpc) is 3.41. The molecule has 2 N–H and O–H groups in total. The maximum absolute atomic E-state index is 13.0. The molecule has 40 heavy (non-hydrogen) atoms. The van der Waals surface area contributed by atoms with Gasteiger partial charge in [-0.25, -0.2) is 5.43 Å². The fourth-order valence-corrected chi connectivity index (χ4v) is 5.02. The summed E-state index contributed by atoms with van der Waals surface area (Å²) in [6.45, 7) is 4.17. The van der Waals surface area contributed by atoms with Crippen LogP contribution < -0.4 is 15.5 Å².